The Labute approximate surface area is 98.8 Å². The van der Waals surface area contributed by atoms with Crippen LogP contribution in [0.2, 0.25) is 0 Å². The van der Waals surface area contributed by atoms with E-state index < -0.39 is 5.97 Å². The number of carboxylic acid groups (broad SMARTS) is 1. The third-order valence-corrected chi connectivity index (χ3v) is 2.97. The Balaban J connectivity index is 1.70. The van der Waals surface area contributed by atoms with Crippen LogP contribution in [0, 0.1) is 0 Å². The number of aliphatic carboxylic acids is 1. The van der Waals surface area contributed by atoms with E-state index in [1.807, 2.05) is 0 Å². The normalized spacial score (nSPS) is 31.2. The Morgan fingerprint density at radius 3 is 2.88 bits per heavy atom. The zero-order valence-corrected chi connectivity index (χ0v) is 9.46. The highest BCUT2D eigenvalue weighted by atomic mass is 16.6. The van der Waals surface area contributed by atoms with Gasteiger partial charge in [-0.2, -0.15) is 0 Å². The van der Waals surface area contributed by atoms with Crippen LogP contribution in [0.3, 0.4) is 0 Å². The highest BCUT2D eigenvalue weighted by Crippen LogP contribution is 2.28. The van der Waals surface area contributed by atoms with Crippen LogP contribution in [0.25, 0.3) is 0 Å². The van der Waals surface area contributed by atoms with Crippen molar-refractivity contribution in [3.63, 3.8) is 0 Å². The first-order chi connectivity index (χ1) is 8.16. The quantitative estimate of drug-likeness (QED) is 0.702. The molecule has 1 N–H and O–H groups in total. The molecule has 2 aliphatic heterocycles. The summed E-state index contributed by atoms with van der Waals surface area (Å²) < 4.78 is 16.1. The second-order valence-electron chi connectivity index (χ2n) is 4.27. The topological polar surface area (TPSA) is 82.1 Å². The zero-order valence-electron chi connectivity index (χ0n) is 9.46. The SMILES string of the molecule is O=C(O)CCCC(=O)OC1COC2CCOC21. The van der Waals surface area contributed by atoms with Gasteiger partial charge in [0, 0.05) is 19.4 Å². The van der Waals surface area contributed by atoms with Crippen molar-refractivity contribution in [1.29, 1.82) is 0 Å². The van der Waals surface area contributed by atoms with Crippen LogP contribution in [0.15, 0.2) is 0 Å². The Morgan fingerprint density at radius 1 is 1.29 bits per heavy atom. The summed E-state index contributed by atoms with van der Waals surface area (Å²) in [5.74, 6) is -1.28. The third kappa shape index (κ3) is 3.17. The van der Waals surface area contributed by atoms with Crippen molar-refractivity contribution in [3.8, 4) is 0 Å². The number of fused-ring (bicyclic) bond motifs is 1. The maximum absolute atomic E-state index is 11.4. The highest BCUT2D eigenvalue weighted by Gasteiger charge is 2.43. The molecule has 96 valence electrons. The second kappa shape index (κ2) is 5.46. The molecule has 0 aromatic heterocycles. The summed E-state index contributed by atoms with van der Waals surface area (Å²) in [6, 6.07) is 0. The van der Waals surface area contributed by atoms with E-state index in [2.05, 4.69) is 0 Å². The molecule has 2 aliphatic rings. The van der Waals surface area contributed by atoms with Gasteiger partial charge < -0.3 is 19.3 Å². The Bertz CT molecular complexity index is 302. The summed E-state index contributed by atoms with van der Waals surface area (Å²) in [5.41, 5.74) is 0. The molecule has 2 fully saturated rings. The molecule has 6 nitrogen and oxygen atoms in total. The summed E-state index contributed by atoms with van der Waals surface area (Å²) in [6.07, 6.45) is 0.832. The average molecular weight is 244 g/mol. The summed E-state index contributed by atoms with van der Waals surface area (Å²) in [7, 11) is 0. The lowest BCUT2D eigenvalue weighted by atomic mass is 10.1. The number of carbonyl (C=O) groups excluding carboxylic acids is 1. The Hall–Kier alpha value is -1.14. The van der Waals surface area contributed by atoms with Gasteiger partial charge in [0.25, 0.3) is 0 Å². The number of esters is 1. The van der Waals surface area contributed by atoms with Gasteiger partial charge >= 0.3 is 11.9 Å². The monoisotopic (exact) mass is 244 g/mol. The zero-order chi connectivity index (χ0) is 12.3. The van der Waals surface area contributed by atoms with Crippen molar-refractivity contribution in [1.82, 2.24) is 0 Å². The highest BCUT2D eigenvalue weighted by molar-refractivity contribution is 5.71. The van der Waals surface area contributed by atoms with Crippen LogP contribution >= 0.6 is 0 Å². The fourth-order valence-electron chi connectivity index (χ4n) is 2.14. The largest absolute Gasteiger partial charge is 0.481 e. The lowest BCUT2D eigenvalue weighted by molar-refractivity contribution is -0.153. The second-order valence-corrected chi connectivity index (χ2v) is 4.27. The van der Waals surface area contributed by atoms with Crippen molar-refractivity contribution in [2.75, 3.05) is 13.2 Å². The molecule has 17 heavy (non-hydrogen) atoms. The Morgan fingerprint density at radius 2 is 2.12 bits per heavy atom. The smallest absolute Gasteiger partial charge is 0.306 e. The van der Waals surface area contributed by atoms with Crippen LogP contribution in [0.1, 0.15) is 25.7 Å². The molecule has 2 saturated heterocycles. The molecular weight excluding hydrogens is 228 g/mol. The van der Waals surface area contributed by atoms with E-state index >= 15 is 0 Å². The van der Waals surface area contributed by atoms with Crippen molar-refractivity contribution >= 4 is 11.9 Å². The van der Waals surface area contributed by atoms with E-state index in [1.165, 1.54) is 0 Å². The number of carboxylic acids is 1. The molecule has 0 amide bonds. The molecule has 6 heteroatoms. The fourth-order valence-corrected chi connectivity index (χ4v) is 2.14. The molecule has 0 radical (unpaired) electrons. The van der Waals surface area contributed by atoms with E-state index in [1.54, 1.807) is 0 Å². The van der Waals surface area contributed by atoms with Crippen molar-refractivity contribution in [3.05, 3.63) is 0 Å². The predicted molar refractivity (Wildman–Crippen MR) is 55.5 cm³/mol. The lowest BCUT2D eigenvalue weighted by Gasteiger charge is -2.16. The first-order valence-electron chi connectivity index (χ1n) is 5.81. The molecule has 0 aliphatic carbocycles. The van der Waals surface area contributed by atoms with Gasteiger partial charge in [0.05, 0.1) is 12.7 Å². The van der Waals surface area contributed by atoms with E-state index in [-0.39, 0.29) is 37.1 Å². The van der Waals surface area contributed by atoms with E-state index in [0.29, 0.717) is 19.6 Å². The first-order valence-corrected chi connectivity index (χ1v) is 5.81. The van der Waals surface area contributed by atoms with E-state index in [0.717, 1.165) is 6.42 Å². The Kier molecular flexibility index (Phi) is 3.96. The molecule has 0 aromatic rings. The van der Waals surface area contributed by atoms with Gasteiger partial charge in [0.2, 0.25) is 0 Å². The molecule has 3 atom stereocenters. The summed E-state index contributed by atoms with van der Waals surface area (Å²) in [5, 5.41) is 8.44. The third-order valence-electron chi connectivity index (χ3n) is 2.97. The van der Waals surface area contributed by atoms with Crippen molar-refractivity contribution in [2.45, 2.75) is 44.0 Å². The number of rotatable bonds is 5. The number of hydrogen-bond acceptors (Lipinski definition) is 5. The fraction of sp³-hybridized carbons (Fsp3) is 0.818. The number of carbonyl (C=O) groups is 2. The summed E-state index contributed by atoms with van der Waals surface area (Å²) >= 11 is 0. The maximum Gasteiger partial charge on any atom is 0.306 e. The average Bonchev–Trinajstić information content (AvgIpc) is 2.82. The van der Waals surface area contributed by atoms with E-state index in [9.17, 15) is 9.59 Å². The van der Waals surface area contributed by atoms with Gasteiger partial charge in [0.1, 0.15) is 6.10 Å². The van der Waals surface area contributed by atoms with Gasteiger partial charge in [-0.05, 0) is 12.8 Å². The van der Waals surface area contributed by atoms with Gasteiger partial charge in [-0.3, -0.25) is 9.59 Å². The molecule has 2 rings (SSSR count). The summed E-state index contributed by atoms with van der Waals surface area (Å²) in [4.78, 5) is 21.7. The van der Waals surface area contributed by atoms with Gasteiger partial charge in [-0.1, -0.05) is 0 Å². The standard InChI is InChI=1S/C11H16O6/c12-9(13)2-1-3-10(14)17-8-6-16-7-4-5-15-11(7)8/h7-8,11H,1-6H2,(H,12,13). The van der Waals surface area contributed by atoms with Gasteiger partial charge in [0.15, 0.2) is 6.10 Å². The van der Waals surface area contributed by atoms with Crippen LogP contribution in [0.5, 0.6) is 0 Å². The molecule has 2 heterocycles. The molecule has 3 unspecified atom stereocenters. The van der Waals surface area contributed by atoms with Crippen LogP contribution in [-0.4, -0.2) is 48.6 Å². The predicted octanol–water partition coefficient (Wildman–Crippen LogP) is 0.341. The molecule has 0 saturated carbocycles. The molecule has 0 spiro atoms. The van der Waals surface area contributed by atoms with Crippen molar-refractivity contribution in [2.24, 2.45) is 0 Å². The first kappa shape index (κ1) is 12.3. The molecule has 0 bridgehead atoms. The van der Waals surface area contributed by atoms with Gasteiger partial charge in [-0.25, -0.2) is 0 Å². The minimum atomic E-state index is -0.902. The lowest BCUT2D eigenvalue weighted by Crippen LogP contribution is -2.32. The van der Waals surface area contributed by atoms with Crippen LogP contribution in [-0.2, 0) is 23.8 Å². The maximum atomic E-state index is 11.4. The minimum absolute atomic E-state index is 0.0151. The molecular formula is C11H16O6. The van der Waals surface area contributed by atoms with E-state index in [4.69, 9.17) is 19.3 Å². The summed E-state index contributed by atoms with van der Waals surface area (Å²) in [6.45, 7) is 1.02. The minimum Gasteiger partial charge on any atom is -0.481 e. The van der Waals surface area contributed by atoms with Crippen LogP contribution in [0.4, 0.5) is 0 Å². The number of ether oxygens (including phenoxy) is 3. The van der Waals surface area contributed by atoms with Crippen LogP contribution < -0.4 is 0 Å². The van der Waals surface area contributed by atoms with Gasteiger partial charge in [-0.15, -0.1) is 0 Å². The van der Waals surface area contributed by atoms with Crippen molar-refractivity contribution < 1.29 is 28.9 Å². The number of hydrogen-bond donors (Lipinski definition) is 1. The molecule has 0 aromatic carbocycles.